The predicted molar refractivity (Wildman–Crippen MR) is 52.2 cm³/mol. The molecule has 1 fully saturated rings. The molecular formula is C11H22O. The Morgan fingerprint density at radius 1 is 1.42 bits per heavy atom. The largest absolute Gasteiger partial charge is 0.381 e. The number of hydrogen-bond acceptors (Lipinski definition) is 1. The molecule has 0 radical (unpaired) electrons. The third-order valence-corrected chi connectivity index (χ3v) is 2.65. The second kappa shape index (κ2) is 5.58. The number of hydrogen-bond donors (Lipinski definition) is 0. The van der Waals surface area contributed by atoms with Crippen LogP contribution in [0.25, 0.3) is 0 Å². The quantitative estimate of drug-likeness (QED) is 0.629. The lowest BCUT2D eigenvalue weighted by Crippen LogP contribution is -2.17. The molecule has 0 spiro atoms. The molecule has 1 nitrogen and oxygen atoms in total. The highest BCUT2D eigenvalue weighted by atomic mass is 16.5. The average Bonchev–Trinajstić information content (AvgIpc) is 2.05. The zero-order valence-corrected chi connectivity index (χ0v) is 8.51. The van der Waals surface area contributed by atoms with E-state index in [1.165, 1.54) is 32.1 Å². The zero-order chi connectivity index (χ0) is 8.81. The third-order valence-electron chi connectivity index (χ3n) is 2.65. The molecule has 1 heterocycles. The van der Waals surface area contributed by atoms with E-state index in [0.29, 0.717) is 0 Å². The van der Waals surface area contributed by atoms with Crippen molar-refractivity contribution in [1.82, 2.24) is 0 Å². The highest BCUT2D eigenvalue weighted by molar-refractivity contribution is 4.63. The molecule has 1 heteroatoms. The van der Waals surface area contributed by atoms with Crippen molar-refractivity contribution in [2.24, 2.45) is 11.8 Å². The van der Waals surface area contributed by atoms with E-state index in [4.69, 9.17) is 4.74 Å². The molecule has 0 N–H and O–H groups in total. The molecule has 0 bridgehead atoms. The Hall–Kier alpha value is -0.0400. The van der Waals surface area contributed by atoms with Crippen LogP contribution in [0.4, 0.5) is 0 Å². The van der Waals surface area contributed by atoms with E-state index >= 15 is 0 Å². The smallest absolute Gasteiger partial charge is 0.0494 e. The minimum absolute atomic E-state index is 0.870. The van der Waals surface area contributed by atoms with Crippen LogP contribution in [-0.4, -0.2) is 13.2 Å². The first-order valence-corrected chi connectivity index (χ1v) is 5.37. The average molecular weight is 170 g/mol. The fourth-order valence-corrected chi connectivity index (χ4v) is 1.85. The Morgan fingerprint density at radius 3 is 2.83 bits per heavy atom. The van der Waals surface area contributed by atoms with Crippen molar-refractivity contribution in [2.45, 2.75) is 46.0 Å². The Morgan fingerprint density at radius 2 is 2.25 bits per heavy atom. The van der Waals surface area contributed by atoms with E-state index in [0.717, 1.165) is 25.0 Å². The molecule has 72 valence electrons. The van der Waals surface area contributed by atoms with Crippen molar-refractivity contribution >= 4 is 0 Å². The van der Waals surface area contributed by atoms with Gasteiger partial charge in [0.25, 0.3) is 0 Å². The summed E-state index contributed by atoms with van der Waals surface area (Å²) in [4.78, 5) is 0. The maximum Gasteiger partial charge on any atom is 0.0494 e. The first-order chi connectivity index (χ1) is 5.79. The van der Waals surface area contributed by atoms with Crippen LogP contribution in [0.3, 0.4) is 0 Å². The van der Waals surface area contributed by atoms with E-state index in [-0.39, 0.29) is 0 Å². The van der Waals surface area contributed by atoms with Gasteiger partial charge in [-0.1, -0.05) is 26.7 Å². The molecule has 1 aliphatic heterocycles. The topological polar surface area (TPSA) is 9.23 Å². The molecule has 0 aromatic heterocycles. The van der Waals surface area contributed by atoms with Gasteiger partial charge < -0.3 is 4.74 Å². The molecule has 12 heavy (non-hydrogen) atoms. The lowest BCUT2D eigenvalue weighted by molar-refractivity contribution is 0.0504. The van der Waals surface area contributed by atoms with Gasteiger partial charge in [-0.05, 0) is 31.1 Å². The van der Waals surface area contributed by atoms with Crippen LogP contribution in [0, 0.1) is 11.8 Å². The van der Waals surface area contributed by atoms with Crippen molar-refractivity contribution in [2.75, 3.05) is 13.2 Å². The standard InChI is InChI=1S/C11H22O/c1-10(2)5-3-6-11-7-4-8-12-9-11/h10-11H,3-9H2,1-2H3. The Bertz CT molecular complexity index is 104. The summed E-state index contributed by atoms with van der Waals surface area (Å²) < 4.78 is 5.44. The van der Waals surface area contributed by atoms with E-state index in [1.807, 2.05) is 0 Å². The summed E-state index contributed by atoms with van der Waals surface area (Å²) in [6.45, 7) is 6.63. The zero-order valence-electron chi connectivity index (χ0n) is 8.51. The molecule has 1 unspecified atom stereocenters. The SMILES string of the molecule is CC(C)CCCC1CCCOC1. The first kappa shape index (κ1) is 10.0. The highest BCUT2D eigenvalue weighted by Crippen LogP contribution is 2.20. The van der Waals surface area contributed by atoms with Gasteiger partial charge in [0, 0.05) is 13.2 Å². The normalized spacial score (nSPS) is 24.8. The molecule has 0 aliphatic carbocycles. The maximum absolute atomic E-state index is 5.44. The number of rotatable bonds is 4. The summed E-state index contributed by atoms with van der Waals surface area (Å²) in [6.07, 6.45) is 6.85. The van der Waals surface area contributed by atoms with Gasteiger partial charge in [0.05, 0.1) is 0 Å². The summed E-state index contributed by atoms with van der Waals surface area (Å²) in [5, 5.41) is 0. The Labute approximate surface area is 76.5 Å². The van der Waals surface area contributed by atoms with Crippen LogP contribution in [-0.2, 0) is 4.74 Å². The molecule has 1 aliphatic rings. The molecule has 1 atom stereocenters. The summed E-state index contributed by atoms with van der Waals surface area (Å²) in [7, 11) is 0. The van der Waals surface area contributed by atoms with Gasteiger partial charge in [0.1, 0.15) is 0 Å². The summed E-state index contributed by atoms with van der Waals surface area (Å²) in [6, 6.07) is 0. The highest BCUT2D eigenvalue weighted by Gasteiger charge is 2.12. The van der Waals surface area contributed by atoms with Gasteiger partial charge in [-0.25, -0.2) is 0 Å². The molecule has 1 rings (SSSR count). The fraction of sp³-hybridized carbons (Fsp3) is 1.00. The molecule has 0 aromatic rings. The van der Waals surface area contributed by atoms with Crippen molar-refractivity contribution in [3.8, 4) is 0 Å². The van der Waals surface area contributed by atoms with E-state index in [2.05, 4.69) is 13.8 Å². The van der Waals surface area contributed by atoms with Crippen molar-refractivity contribution in [3.05, 3.63) is 0 Å². The third kappa shape index (κ3) is 4.10. The molecule has 0 amide bonds. The Kier molecular flexibility index (Phi) is 4.67. The molecule has 0 saturated carbocycles. The van der Waals surface area contributed by atoms with Crippen LogP contribution < -0.4 is 0 Å². The predicted octanol–water partition coefficient (Wildman–Crippen LogP) is 3.24. The lowest BCUT2D eigenvalue weighted by Gasteiger charge is -2.22. The summed E-state index contributed by atoms with van der Waals surface area (Å²) >= 11 is 0. The second-order valence-electron chi connectivity index (χ2n) is 4.41. The minimum Gasteiger partial charge on any atom is -0.381 e. The van der Waals surface area contributed by atoms with Crippen LogP contribution in [0.15, 0.2) is 0 Å². The van der Waals surface area contributed by atoms with E-state index in [9.17, 15) is 0 Å². The van der Waals surface area contributed by atoms with Gasteiger partial charge in [0.2, 0.25) is 0 Å². The maximum atomic E-state index is 5.44. The van der Waals surface area contributed by atoms with Crippen LogP contribution in [0.1, 0.15) is 46.0 Å². The molecule has 1 saturated heterocycles. The minimum atomic E-state index is 0.870. The van der Waals surface area contributed by atoms with Crippen molar-refractivity contribution in [3.63, 3.8) is 0 Å². The molecule has 0 aromatic carbocycles. The van der Waals surface area contributed by atoms with Crippen LogP contribution in [0.5, 0.6) is 0 Å². The van der Waals surface area contributed by atoms with Gasteiger partial charge >= 0.3 is 0 Å². The summed E-state index contributed by atoms with van der Waals surface area (Å²) in [5.41, 5.74) is 0. The van der Waals surface area contributed by atoms with Gasteiger partial charge in [-0.2, -0.15) is 0 Å². The Balaban J connectivity index is 1.98. The van der Waals surface area contributed by atoms with Crippen molar-refractivity contribution < 1.29 is 4.74 Å². The van der Waals surface area contributed by atoms with E-state index < -0.39 is 0 Å². The van der Waals surface area contributed by atoms with Gasteiger partial charge in [0.15, 0.2) is 0 Å². The second-order valence-corrected chi connectivity index (χ2v) is 4.41. The molecular weight excluding hydrogens is 148 g/mol. The van der Waals surface area contributed by atoms with Crippen LogP contribution in [0.2, 0.25) is 0 Å². The lowest BCUT2D eigenvalue weighted by atomic mass is 9.94. The first-order valence-electron chi connectivity index (χ1n) is 5.37. The van der Waals surface area contributed by atoms with Crippen LogP contribution >= 0.6 is 0 Å². The number of ether oxygens (including phenoxy) is 1. The van der Waals surface area contributed by atoms with Gasteiger partial charge in [-0.15, -0.1) is 0 Å². The van der Waals surface area contributed by atoms with Gasteiger partial charge in [-0.3, -0.25) is 0 Å². The fourth-order valence-electron chi connectivity index (χ4n) is 1.85. The summed E-state index contributed by atoms with van der Waals surface area (Å²) in [5.74, 6) is 1.74. The van der Waals surface area contributed by atoms with Crippen molar-refractivity contribution in [1.29, 1.82) is 0 Å². The van der Waals surface area contributed by atoms with E-state index in [1.54, 1.807) is 0 Å². The monoisotopic (exact) mass is 170 g/mol.